The zero-order valence-corrected chi connectivity index (χ0v) is 17.0. The summed E-state index contributed by atoms with van der Waals surface area (Å²) < 4.78 is 11.2. The second kappa shape index (κ2) is 8.07. The molecule has 1 atom stereocenters. The first-order valence-electron chi connectivity index (χ1n) is 9.92. The van der Waals surface area contributed by atoms with Gasteiger partial charge in [-0.1, -0.05) is 29.4 Å². The predicted molar refractivity (Wildman–Crippen MR) is 109 cm³/mol. The van der Waals surface area contributed by atoms with E-state index in [1.165, 1.54) is 5.56 Å². The molecule has 6 nitrogen and oxygen atoms in total. The lowest BCUT2D eigenvalue weighted by molar-refractivity contribution is -0.128. The molecule has 2 aromatic carbocycles. The number of amides is 1. The molecule has 3 aromatic rings. The first-order valence-corrected chi connectivity index (χ1v) is 9.92. The molecule has 0 aliphatic carbocycles. The minimum atomic E-state index is -0.0729. The largest absolute Gasteiger partial charge is 0.491 e. The molecule has 1 aliphatic rings. The van der Waals surface area contributed by atoms with Gasteiger partial charge in [-0.25, -0.2) is 0 Å². The van der Waals surface area contributed by atoms with E-state index in [4.69, 9.17) is 9.26 Å². The lowest BCUT2D eigenvalue weighted by Gasteiger charge is -2.17. The van der Waals surface area contributed by atoms with E-state index in [9.17, 15) is 4.79 Å². The van der Waals surface area contributed by atoms with Crippen molar-refractivity contribution in [1.82, 2.24) is 15.0 Å². The summed E-state index contributed by atoms with van der Waals surface area (Å²) in [5.41, 5.74) is 3.21. The molecule has 29 heavy (non-hydrogen) atoms. The van der Waals surface area contributed by atoms with E-state index < -0.39 is 0 Å². The number of ether oxygens (including phenoxy) is 1. The highest BCUT2D eigenvalue weighted by molar-refractivity contribution is 5.79. The van der Waals surface area contributed by atoms with Gasteiger partial charge in [-0.05, 0) is 56.2 Å². The van der Waals surface area contributed by atoms with Crippen LogP contribution in [0.4, 0.5) is 0 Å². The fourth-order valence-electron chi connectivity index (χ4n) is 3.56. The van der Waals surface area contributed by atoms with E-state index in [0.717, 1.165) is 16.9 Å². The molecule has 4 rings (SSSR count). The Morgan fingerprint density at radius 3 is 2.66 bits per heavy atom. The number of carbonyl (C=O) groups excluding carboxylic acids is 1. The van der Waals surface area contributed by atoms with Gasteiger partial charge < -0.3 is 14.2 Å². The van der Waals surface area contributed by atoms with Crippen molar-refractivity contribution < 1.29 is 14.1 Å². The zero-order valence-electron chi connectivity index (χ0n) is 17.0. The van der Waals surface area contributed by atoms with Gasteiger partial charge in [0.05, 0.1) is 12.0 Å². The number of carbonyl (C=O) groups is 1. The Balaban J connectivity index is 1.44. The number of benzene rings is 2. The smallest absolute Gasteiger partial charge is 0.232 e. The van der Waals surface area contributed by atoms with E-state index in [1.54, 1.807) is 0 Å². The summed E-state index contributed by atoms with van der Waals surface area (Å²) in [6.07, 6.45) is 0.523. The third-order valence-corrected chi connectivity index (χ3v) is 5.11. The molecule has 0 saturated carbocycles. The number of rotatable bonds is 6. The number of likely N-dealkylation sites (tertiary alicyclic amines) is 1. The molecule has 0 radical (unpaired) electrons. The Bertz CT molecular complexity index is 995. The number of aromatic nitrogens is 2. The van der Waals surface area contributed by atoms with E-state index in [-0.39, 0.29) is 17.9 Å². The van der Waals surface area contributed by atoms with Crippen molar-refractivity contribution in [3.63, 3.8) is 0 Å². The zero-order chi connectivity index (χ0) is 20.4. The maximum atomic E-state index is 12.5. The first kappa shape index (κ1) is 19.2. The van der Waals surface area contributed by atoms with Crippen molar-refractivity contribution in [1.29, 1.82) is 0 Å². The average Bonchev–Trinajstić information content (AvgIpc) is 3.31. The van der Waals surface area contributed by atoms with Gasteiger partial charge in [0.25, 0.3) is 0 Å². The van der Waals surface area contributed by atoms with Crippen molar-refractivity contribution >= 4 is 5.91 Å². The second-order valence-electron chi connectivity index (χ2n) is 7.75. The van der Waals surface area contributed by atoms with Crippen LogP contribution in [0.15, 0.2) is 53.1 Å². The fourth-order valence-corrected chi connectivity index (χ4v) is 3.56. The highest BCUT2D eigenvalue weighted by Crippen LogP contribution is 2.30. The molecule has 1 unspecified atom stereocenters. The van der Waals surface area contributed by atoms with Crippen LogP contribution in [0.2, 0.25) is 0 Å². The molecule has 150 valence electrons. The van der Waals surface area contributed by atoms with Gasteiger partial charge in [-0.15, -0.1) is 0 Å². The SMILES string of the molecule is Cc1ccccc1CN1CC(c2nc(-c3ccc(OC(C)C)cc3)no2)CC1=O. The lowest BCUT2D eigenvalue weighted by Crippen LogP contribution is -2.24. The van der Waals surface area contributed by atoms with Crippen molar-refractivity contribution in [3.05, 3.63) is 65.5 Å². The normalized spacial score (nSPS) is 16.6. The summed E-state index contributed by atoms with van der Waals surface area (Å²) >= 11 is 0. The molecular formula is C23H25N3O3. The molecule has 1 fully saturated rings. The van der Waals surface area contributed by atoms with Crippen LogP contribution in [0.5, 0.6) is 5.75 Å². The molecule has 1 amide bonds. The Kier molecular flexibility index (Phi) is 5.34. The van der Waals surface area contributed by atoms with Gasteiger partial charge in [0.15, 0.2) is 0 Å². The summed E-state index contributed by atoms with van der Waals surface area (Å²) in [5, 5.41) is 4.11. The summed E-state index contributed by atoms with van der Waals surface area (Å²) in [6, 6.07) is 15.8. The molecular weight excluding hydrogens is 366 g/mol. The van der Waals surface area contributed by atoms with Crippen LogP contribution in [0, 0.1) is 6.92 Å². The molecule has 0 bridgehead atoms. The minimum Gasteiger partial charge on any atom is -0.491 e. The van der Waals surface area contributed by atoms with Gasteiger partial charge in [0.1, 0.15) is 5.75 Å². The van der Waals surface area contributed by atoms with E-state index in [1.807, 2.05) is 55.1 Å². The van der Waals surface area contributed by atoms with Gasteiger partial charge in [-0.2, -0.15) is 4.98 Å². The molecule has 0 N–H and O–H groups in total. The highest BCUT2D eigenvalue weighted by Gasteiger charge is 2.34. The van der Waals surface area contributed by atoms with Crippen LogP contribution in [0.3, 0.4) is 0 Å². The van der Waals surface area contributed by atoms with Crippen molar-refractivity contribution in [2.24, 2.45) is 0 Å². The Morgan fingerprint density at radius 2 is 1.93 bits per heavy atom. The summed E-state index contributed by atoms with van der Waals surface area (Å²) in [6.45, 7) is 7.25. The third-order valence-electron chi connectivity index (χ3n) is 5.11. The molecule has 2 heterocycles. The number of hydrogen-bond donors (Lipinski definition) is 0. The molecule has 1 saturated heterocycles. The minimum absolute atomic E-state index is 0.0729. The van der Waals surface area contributed by atoms with Gasteiger partial charge in [0.2, 0.25) is 17.6 Å². The van der Waals surface area contributed by atoms with E-state index >= 15 is 0 Å². The van der Waals surface area contributed by atoms with E-state index in [2.05, 4.69) is 29.2 Å². The number of aryl methyl sites for hydroxylation is 1. The number of hydrogen-bond acceptors (Lipinski definition) is 5. The first-order chi connectivity index (χ1) is 14.0. The van der Waals surface area contributed by atoms with E-state index in [0.29, 0.717) is 31.2 Å². The topological polar surface area (TPSA) is 68.5 Å². The summed E-state index contributed by atoms with van der Waals surface area (Å²) in [5.74, 6) is 1.90. The monoisotopic (exact) mass is 391 g/mol. The van der Waals surface area contributed by atoms with Crippen LogP contribution < -0.4 is 4.74 Å². The van der Waals surface area contributed by atoms with Gasteiger partial charge in [0, 0.05) is 25.1 Å². The third kappa shape index (κ3) is 4.31. The van der Waals surface area contributed by atoms with Gasteiger partial charge in [-0.3, -0.25) is 4.79 Å². The predicted octanol–water partition coefficient (Wildman–Crippen LogP) is 4.35. The van der Waals surface area contributed by atoms with Crippen molar-refractivity contribution in [2.75, 3.05) is 6.54 Å². The van der Waals surface area contributed by atoms with Gasteiger partial charge >= 0.3 is 0 Å². The number of nitrogens with zero attached hydrogens (tertiary/aromatic N) is 3. The molecule has 1 aromatic heterocycles. The standard InChI is InChI=1S/C23H25N3O3/c1-15(2)28-20-10-8-17(9-11-20)22-24-23(29-25-22)19-12-21(27)26(14-19)13-18-7-5-4-6-16(18)3/h4-11,15,19H,12-14H2,1-3H3. The maximum Gasteiger partial charge on any atom is 0.232 e. The Hall–Kier alpha value is -3.15. The maximum absolute atomic E-state index is 12.5. The van der Waals surface area contributed by atoms with Crippen molar-refractivity contribution in [3.8, 4) is 17.1 Å². The lowest BCUT2D eigenvalue weighted by atomic mass is 10.1. The Labute approximate surface area is 170 Å². The van der Waals surface area contributed by atoms with Crippen LogP contribution in [-0.2, 0) is 11.3 Å². The molecule has 1 aliphatic heterocycles. The highest BCUT2D eigenvalue weighted by atomic mass is 16.5. The van der Waals surface area contributed by atoms with Crippen LogP contribution in [0.25, 0.3) is 11.4 Å². The quantitative estimate of drug-likeness (QED) is 0.625. The Morgan fingerprint density at radius 1 is 1.17 bits per heavy atom. The molecule has 6 heteroatoms. The molecule has 0 spiro atoms. The van der Waals surface area contributed by atoms with Crippen LogP contribution in [0.1, 0.15) is 43.2 Å². The van der Waals surface area contributed by atoms with Crippen LogP contribution >= 0.6 is 0 Å². The van der Waals surface area contributed by atoms with Crippen molar-refractivity contribution in [2.45, 2.75) is 45.8 Å². The average molecular weight is 391 g/mol. The fraction of sp³-hybridized carbons (Fsp3) is 0.348. The summed E-state index contributed by atoms with van der Waals surface area (Å²) in [7, 11) is 0. The second-order valence-corrected chi connectivity index (χ2v) is 7.75. The van der Waals surface area contributed by atoms with Crippen LogP contribution in [-0.4, -0.2) is 33.6 Å². The summed E-state index contributed by atoms with van der Waals surface area (Å²) in [4.78, 5) is 18.9.